The molecule has 1 aliphatic heterocycles. The van der Waals surface area contributed by atoms with Crippen molar-refractivity contribution in [1.82, 2.24) is 0 Å². The first-order valence-corrected chi connectivity index (χ1v) is 4.17. The maximum Gasteiger partial charge on any atom is 0.368 e. The van der Waals surface area contributed by atoms with Crippen LogP contribution in [0.4, 0.5) is 0 Å². The Morgan fingerprint density at radius 1 is 1.43 bits per heavy atom. The maximum atomic E-state index is 10.5. The first kappa shape index (κ1) is 16.4. The first-order chi connectivity index (χ1) is 5.70. The standard InChI is InChI=1S/C7H14N2O3.2ClH/c8-6(7(10)11)5-9-1-3-12-4-2-9;;/h6H,1-5,8H2,(H,10,11);2*1H. The van der Waals surface area contributed by atoms with Crippen molar-refractivity contribution >= 4 is 5.97 Å². The lowest BCUT2D eigenvalue weighted by Crippen LogP contribution is -3.16. The normalized spacial score (nSPS) is 18.9. The number of aliphatic carboxylic acids is 1. The van der Waals surface area contributed by atoms with E-state index in [-0.39, 0.29) is 24.8 Å². The molecule has 0 amide bonds. The monoisotopic (exact) mass is 246 g/mol. The molecule has 1 heterocycles. The molecule has 5 N–H and O–H groups in total. The van der Waals surface area contributed by atoms with Gasteiger partial charge in [-0.2, -0.15) is 0 Å². The van der Waals surface area contributed by atoms with Gasteiger partial charge in [0.05, 0.1) is 13.2 Å². The van der Waals surface area contributed by atoms with Crippen molar-refractivity contribution in [3.05, 3.63) is 0 Å². The molecule has 5 nitrogen and oxygen atoms in total. The zero-order valence-corrected chi connectivity index (χ0v) is 9.35. The Labute approximate surface area is 95.4 Å². The minimum Gasteiger partial charge on any atom is -1.00 e. The fourth-order valence-corrected chi connectivity index (χ4v) is 1.30. The number of halogens is 2. The van der Waals surface area contributed by atoms with Gasteiger partial charge in [0.2, 0.25) is 6.04 Å². The van der Waals surface area contributed by atoms with Crippen LogP contribution in [-0.2, 0) is 9.53 Å². The lowest BCUT2D eigenvalue weighted by Gasteiger charge is -2.23. The molecule has 1 saturated heterocycles. The van der Waals surface area contributed by atoms with Gasteiger partial charge in [-0.1, -0.05) is 0 Å². The van der Waals surface area contributed by atoms with Gasteiger partial charge in [0.1, 0.15) is 19.6 Å². The molecule has 86 valence electrons. The zero-order valence-electron chi connectivity index (χ0n) is 7.84. The molecule has 7 heteroatoms. The number of quaternary nitrogens is 2. The maximum absolute atomic E-state index is 10.5. The quantitative estimate of drug-likeness (QED) is 0.463. The molecule has 1 unspecified atom stereocenters. The SMILES string of the molecule is [Cl-].[Cl-].[NH3+]C(C[NH+]1CCOCC1)C(=O)O. The molecular weight excluding hydrogens is 231 g/mol. The summed E-state index contributed by atoms with van der Waals surface area (Å²) in [4.78, 5) is 11.7. The molecule has 14 heavy (non-hydrogen) atoms. The van der Waals surface area contributed by atoms with Crippen LogP contribution in [0.2, 0.25) is 0 Å². The molecule has 1 aliphatic rings. The second-order valence-electron chi connectivity index (χ2n) is 3.10. The summed E-state index contributed by atoms with van der Waals surface area (Å²) in [6.07, 6.45) is 0. The van der Waals surface area contributed by atoms with E-state index in [9.17, 15) is 4.79 Å². The summed E-state index contributed by atoms with van der Waals surface area (Å²) in [6.45, 7) is 3.89. The smallest absolute Gasteiger partial charge is 0.368 e. The number of nitrogens with one attached hydrogen (secondary N) is 1. The van der Waals surface area contributed by atoms with E-state index in [2.05, 4.69) is 5.73 Å². The third-order valence-corrected chi connectivity index (χ3v) is 2.08. The molecule has 0 saturated carbocycles. The topological polar surface area (TPSA) is 78.6 Å². The average molecular weight is 247 g/mol. The largest absolute Gasteiger partial charge is 1.00 e. The van der Waals surface area contributed by atoms with E-state index in [1.807, 2.05) is 0 Å². The Bertz CT molecular complexity index is 165. The molecule has 0 spiro atoms. The van der Waals surface area contributed by atoms with Crippen molar-refractivity contribution in [2.45, 2.75) is 6.04 Å². The number of hydrogen-bond donors (Lipinski definition) is 3. The molecule has 1 atom stereocenters. The lowest BCUT2D eigenvalue weighted by molar-refractivity contribution is -0.915. The molecule has 1 fully saturated rings. The van der Waals surface area contributed by atoms with E-state index in [0.717, 1.165) is 26.3 Å². The van der Waals surface area contributed by atoms with Crippen LogP contribution in [0.3, 0.4) is 0 Å². The van der Waals surface area contributed by atoms with Gasteiger partial charge in [0.15, 0.2) is 0 Å². The minimum absolute atomic E-state index is 0. The van der Waals surface area contributed by atoms with Crippen molar-refractivity contribution in [2.75, 3.05) is 32.8 Å². The van der Waals surface area contributed by atoms with Crippen LogP contribution in [0, 0.1) is 0 Å². The van der Waals surface area contributed by atoms with Crippen LogP contribution in [0.25, 0.3) is 0 Å². The summed E-state index contributed by atoms with van der Waals surface area (Å²) in [6, 6.07) is -0.488. The molecule has 0 bridgehead atoms. The summed E-state index contributed by atoms with van der Waals surface area (Å²) in [7, 11) is 0. The number of ether oxygens (including phenoxy) is 1. The Kier molecular flexibility index (Phi) is 9.65. The number of carboxylic acid groups (broad SMARTS) is 1. The molecule has 1 rings (SSSR count). The number of carboxylic acids is 1. The summed E-state index contributed by atoms with van der Waals surface area (Å²) >= 11 is 0. The Balaban J connectivity index is 0. The van der Waals surface area contributed by atoms with Crippen molar-refractivity contribution < 1.29 is 50.1 Å². The number of rotatable bonds is 3. The van der Waals surface area contributed by atoms with Crippen molar-refractivity contribution in [3.8, 4) is 0 Å². The van der Waals surface area contributed by atoms with Crippen LogP contribution in [0.5, 0.6) is 0 Å². The lowest BCUT2D eigenvalue weighted by atomic mass is 10.3. The summed E-state index contributed by atoms with van der Waals surface area (Å²) in [5, 5.41) is 8.61. The fourth-order valence-electron chi connectivity index (χ4n) is 1.30. The molecule has 0 aromatic heterocycles. The highest BCUT2D eigenvalue weighted by atomic mass is 35.5. The van der Waals surface area contributed by atoms with Crippen molar-refractivity contribution in [2.24, 2.45) is 0 Å². The van der Waals surface area contributed by atoms with Crippen LogP contribution in [0.1, 0.15) is 0 Å². The minimum atomic E-state index is -0.811. The van der Waals surface area contributed by atoms with Gasteiger partial charge in [-0.05, 0) is 0 Å². The summed E-state index contributed by atoms with van der Waals surface area (Å²) in [5.41, 5.74) is 3.57. The van der Waals surface area contributed by atoms with Gasteiger partial charge in [0.25, 0.3) is 0 Å². The number of carbonyl (C=O) groups is 1. The van der Waals surface area contributed by atoms with Crippen molar-refractivity contribution in [1.29, 1.82) is 0 Å². The fraction of sp³-hybridized carbons (Fsp3) is 0.857. The van der Waals surface area contributed by atoms with Gasteiger partial charge in [0, 0.05) is 0 Å². The Morgan fingerprint density at radius 2 is 1.93 bits per heavy atom. The van der Waals surface area contributed by atoms with Crippen molar-refractivity contribution in [3.63, 3.8) is 0 Å². The highest BCUT2D eigenvalue weighted by Gasteiger charge is 2.24. The number of morpholine rings is 1. The third kappa shape index (κ3) is 5.62. The third-order valence-electron chi connectivity index (χ3n) is 2.08. The van der Waals surface area contributed by atoms with Gasteiger partial charge in [-0.3, -0.25) is 0 Å². The highest BCUT2D eigenvalue weighted by Crippen LogP contribution is 1.76. The molecular formula is C7H16Cl2N2O3. The van der Waals surface area contributed by atoms with Gasteiger partial charge >= 0.3 is 5.97 Å². The number of hydrogen-bond acceptors (Lipinski definition) is 2. The second-order valence-corrected chi connectivity index (χ2v) is 3.10. The summed E-state index contributed by atoms with van der Waals surface area (Å²) in [5.74, 6) is -0.811. The van der Waals surface area contributed by atoms with Gasteiger partial charge in [-0.15, -0.1) is 0 Å². The molecule has 0 aromatic rings. The van der Waals surface area contributed by atoms with E-state index < -0.39 is 12.0 Å². The van der Waals surface area contributed by atoms with Gasteiger partial charge < -0.3 is 45.3 Å². The average Bonchev–Trinajstić information content (AvgIpc) is 2.06. The van der Waals surface area contributed by atoms with E-state index in [0.29, 0.717) is 6.54 Å². The van der Waals surface area contributed by atoms with E-state index in [1.165, 1.54) is 4.90 Å². The molecule has 0 radical (unpaired) electrons. The van der Waals surface area contributed by atoms with Crippen LogP contribution < -0.4 is 35.4 Å². The predicted octanol–water partition coefficient (Wildman–Crippen LogP) is -9.40. The van der Waals surface area contributed by atoms with Crippen LogP contribution in [0.15, 0.2) is 0 Å². The Hall–Kier alpha value is -0.0700. The first-order valence-electron chi connectivity index (χ1n) is 4.17. The van der Waals surface area contributed by atoms with Crippen LogP contribution >= 0.6 is 0 Å². The van der Waals surface area contributed by atoms with E-state index >= 15 is 0 Å². The zero-order chi connectivity index (χ0) is 8.97. The van der Waals surface area contributed by atoms with E-state index in [4.69, 9.17) is 9.84 Å². The second kappa shape index (κ2) is 8.26. The Morgan fingerprint density at radius 3 is 2.36 bits per heavy atom. The van der Waals surface area contributed by atoms with Gasteiger partial charge in [-0.25, -0.2) is 4.79 Å². The molecule has 0 aliphatic carbocycles. The van der Waals surface area contributed by atoms with E-state index in [1.54, 1.807) is 0 Å². The predicted molar refractivity (Wildman–Crippen MR) is 40.7 cm³/mol. The molecule has 0 aromatic carbocycles. The highest BCUT2D eigenvalue weighted by molar-refractivity contribution is 5.71. The summed E-state index contributed by atoms with van der Waals surface area (Å²) < 4.78 is 5.15. The van der Waals surface area contributed by atoms with Crippen LogP contribution in [-0.4, -0.2) is 50.0 Å².